The van der Waals surface area contributed by atoms with Crippen LogP contribution in [0.25, 0.3) is 0 Å². The number of ether oxygens (including phenoxy) is 3. The first-order valence-corrected chi connectivity index (χ1v) is 10.7. The van der Waals surface area contributed by atoms with Gasteiger partial charge in [-0.15, -0.1) is 0 Å². The van der Waals surface area contributed by atoms with Crippen LogP contribution < -0.4 is 25.0 Å². The van der Waals surface area contributed by atoms with Gasteiger partial charge in [0.15, 0.2) is 11.5 Å². The molecule has 1 saturated heterocycles. The van der Waals surface area contributed by atoms with Gasteiger partial charge in [0, 0.05) is 18.9 Å². The number of methoxy groups -OCH3 is 3. The SMILES string of the molecule is COc1cccc(CNC(=O)CN2C=CN3NC(c4ccc(OC)c(OC)c4)CC3C2=O)c1. The normalized spacial score (nSPS) is 19.3. The summed E-state index contributed by atoms with van der Waals surface area (Å²) in [6, 6.07) is 12.7. The van der Waals surface area contributed by atoms with Crippen LogP contribution in [0.2, 0.25) is 0 Å². The highest BCUT2D eigenvalue weighted by Crippen LogP contribution is 2.35. The van der Waals surface area contributed by atoms with E-state index in [9.17, 15) is 9.59 Å². The van der Waals surface area contributed by atoms with Gasteiger partial charge in [-0.05, 0) is 41.8 Å². The van der Waals surface area contributed by atoms with E-state index < -0.39 is 0 Å². The molecule has 1 fully saturated rings. The summed E-state index contributed by atoms with van der Waals surface area (Å²) >= 11 is 0. The summed E-state index contributed by atoms with van der Waals surface area (Å²) in [5.41, 5.74) is 5.26. The molecule has 2 aliphatic rings. The Morgan fingerprint density at radius 1 is 1.06 bits per heavy atom. The highest BCUT2D eigenvalue weighted by Gasteiger charge is 2.40. The van der Waals surface area contributed by atoms with E-state index >= 15 is 0 Å². The minimum absolute atomic E-state index is 0.0370. The van der Waals surface area contributed by atoms with Crippen molar-refractivity contribution >= 4 is 11.8 Å². The van der Waals surface area contributed by atoms with E-state index in [1.54, 1.807) is 38.7 Å². The summed E-state index contributed by atoms with van der Waals surface area (Å²) in [4.78, 5) is 27.0. The Balaban J connectivity index is 1.35. The van der Waals surface area contributed by atoms with Crippen molar-refractivity contribution in [1.82, 2.24) is 20.7 Å². The fourth-order valence-corrected chi connectivity index (χ4v) is 4.05. The van der Waals surface area contributed by atoms with Gasteiger partial charge in [0.1, 0.15) is 18.3 Å². The molecule has 2 amide bonds. The molecule has 2 aliphatic heterocycles. The van der Waals surface area contributed by atoms with Crippen molar-refractivity contribution in [2.24, 2.45) is 0 Å². The molecule has 2 unspecified atom stereocenters. The Hall–Kier alpha value is -3.72. The fourth-order valence-electron chi connectivity index (χ4n) is 4.05. The Labute approximate surface area is 192 Å². The van der Waals surface area contributed by atoms with Crippen LogP contribution >= 0.6 is 0 Å². The average molecular weight is 453 g/mol. The van der Waals surface area contributed by atoms with Crippen LogP contribution in [0.5, 0.6) is 17.2 Å². The molecule has 0 aromatic heterocycles. The van der Waals surface area contributed by atoms with Gasteiger partial charge < -0.3 is 29.4 Å². The minimum atomic E-state index is -0.390. The summed E-state index contributed by atoms with van der Waals surface area (Å²) in [7, 11) is 4.79. The molecule has 2 atom stereocenters. The zero-order chi connectivity index (χ0) is 23.4. The Kier molecular flexibility index (Phi) is 6.69. The monoisotopic (exact) mass is 452 g/mol. The van der Waals surface area contributed by atoms with Crippen LogP contribution in [0.4, 0.5) is 0 Å². The number of hydrogen-bond donors (Lipinski definition) is 2. The van der Waals surface area contributed by atoms with Crippen LogP contribution in [0, 0.1) is 0 Å². The van der Waals surface area contributed by atoms with Crippen molar-refractivity contribution in [3.8, 4) is 17.2 Å². The maximum absolute atomic E-state index is 13.1. The quantitative estimate of drug-likeness (QED) is 0.633. The van der Waals surface area contributed by atoms with Gasteiger partial charge in [-0.1, -0.05) is 18.2 Å². The highest BCUT2D eigenvalue weighted by molar-refractivity contribution is 5.89. The highest BCUT2D eigenvalue weighted by atomic mass is 16.5. The third kappa shape index (κ3) is 4.88. The van der Waals surface area contributed by atoms with E-state index in [-0.39, 0.29) is 30.4 Å². The third-order valence-electron chi connectivity index (χ3n) is 5.82. The van der Waals surface area contributed by atoms with Crippen LogP contribution in [0.3, 0.4) is 0 Å². The van der Waals surface area contributed by atoms with E-state index in [2.05, 4.69) is 10.7 Å². The number of hydrogen-bond acceptors (Lipinski definition) is 7. The van der Waals surface area contributed by atoms with E-state index in [1.807, 2.05) is 42.5 Å². The van der Waals surface area contributed by atoms with Crippen molar-refractivity contribution in [3.05, 3.63) is 66.0 Å². The molecule has 0 radical (unpaired) electrons. The molecule has 0 aliphatic carbocycles. The molecule has 4 rings (SSSR count). The number of rotatable bonds is 8. The Bertz CT molecular complexity index is 1060. The number of nitrogens with one attached hydrogen (secondary N) is 2. The zero-order valence-corrected chi connectivity index (χ0v) is 18.9. The predicted octanol–water partition coefficient (Wildman–Crippen LogP) is 1.96. The summed E-state index contributed by atoms with van der Waals surface area (Å²) in [5.74, 6) is 1.67. The first-order chi connectivity index (χ1) is 16.0. The summed E-state index contributed by atoms with van der Waals surface area (Å²) in [5, 5.41) is 4.66. The second-order valence-corrected chi connectivity index (χ2v) is 7.85. The van der Waals surface area contributed by atoms with Gasteiger partial charge in [-0.3, -0.25) is 9.59 Å². The first kappa shape index (κ1) is 22.5. The molecule has 0 bridgehead atoms. The van der Waals surface area contributed by atoms with Gasteiger partial charge >= 0.3 is 0 Å². The predicted molar refractivity (Wildman–Crippen MR) is 121 cm³/mol. The minimum Gasteiger partial charge on any atom is -0.497 e. The lowest BCUT2D eigenvalue weighted by Gasteiger charge is -2.31. The molecule has 9 heteroatoms. The zero-order valence-electron chi connectivity index (χ0n) is 18.9. The molecule has 33 heavy (non-hydrogen) atoms. The average Bonchev–Trinajstić information content (AvgIpc) is 3.29. The van der Waals surface area contributed by atoms with Crippen LogP contribution in [-0.4, -0.2) is 55.6 Å². The van der Waals surface area contributed by atoms with Crippen molar-refractivity contribution in [1.29, 1.82) is 0 Å². The van der Waals surface area contributed by atoms with Crippen molar-refractivity contribution in [2.75, 3.05) is 27.9 Å². The number of amides is 2. The molecular formula is C24H28N4O5. The van der Waals surface area contributed by atoms with E-state index in [0.29, 0.717) is 24.5 Å². The standard InChI is InChI=1S/C24H28N4O5/c1-31-18-6-4-5-16(11-18)14-25-23(29)15-27-9-10-28-20(24(27)30)13-19(26-28)17-7-8-21(32-2)22(12-17)33-3/h4-12,19-20,26H,13-15H2,1-3H3,(H,25,29). The summed E-state index contributed by atoms with van der Waals surface area (Å²) in [6.07, 6.45) is 4.00. The molecule has 0 saturated carbocycles. The topological polar surface area (TPSA) is 92.4 Å². The fraction of sp³-hybridized carbons (Fsp3) is 0.333. The number of fused-ring (bicyclic) bond motifs is 1. The number of benzene rings is 2. The van der Waals surface area contributed by atoms with Gasteiger partial charge in [0.05, 0.1) is 27.4 Å². The van der Waals surface area contributed by atoms with E-state index in [4.69, 9.17) is 14.2 Å². The maximum atomic E-state index is 13.1. The lowest BCUT2D eigenvalue weighted by Crippen LogP contribution is -2.50. The second kappa shape index (κ2) is 9.83. The van der Waals surface area contributed by atoms with Gasteiger partial charge in [0.25, 0.3) is 5.91 Å². The Morgan fingerprint density at radius 3 is 2.64 bits per heavy atom. The number of carbonyl (C=O) groups is 2. The second-order valence-electron chi connectivity index (χ2n) is 7.85. The van der Waals surface area contributed by atoms with Crippen molar-refractivity contribution in [2.45, 2.75) is 25.0 Å². The smallest absolute Gasteiger partial charge is 0.251 e. The number of nitrogens with zero attached hydrogens (tertiary/aromatic N) is 2. The molecule has 174 valence electrons. The Morgan fingerprint density at radius 2 is 1.88 bits per heavy atom. The van der Waals surface area contributed by atoms with Gasteiger partial charge in [-0.25, -0.2) is 5.43 Å². The van der Waals surface area contributed by atoms with Crippen LogP contribution in [0.1, 0.15) is 23.6 Å². The molecule has 9 nitrogen and oxygen atoms in total. The summed E-state index contributed by atoms with van der Waals surface area (Å²) in [6.45, 7) is 0.324. The largest absolute Gasteiger partial charge is 0.497 e. The number of hydrazine groups is 1. The molecule has 0 spiro atoms. The van der Waals surface area contributed by atoms with E-state index in [1.165, 1.54) is 4.90 Å². The van der Waals surface area contributed by atoms with Crippen molar-refractivity contribution in [3.63, 3.8) is 0 Å². The maximum Gasteiger partial charge on any atom is 0.251 e. The first-order valence-electron chi connectivity index (χ1n) is 10.7. The van der Waals surface area contributed by atoms with E-state index in [0.717, 1.165) is 16.9 Å². The molecule has 2 aromatic rings. The van der Waals surface area contributed by atoms with Gasteiger partial charge in [0.2, 0.25) is 5.91 Å². The molecule has 2 aromatic carbocycles. The van der Waals surface area contributed by atoms with Crippen LogP contribution in [-0.2, 0) is 16.1 Å². The lowest BCUT2D eigenvalue weighted by atomic mass is 10.0. The lowest BCUT2D eigenvalue weighted by molar-refractivity contribution is -0.138. The molecular weight excluding hydrogens is 424 g/mol. The van der Waals surface area contributed by atoms with Crippen LogP contribution in [0.15, 0.2) is 54.9 Å². The molecule has 2 heterocycles. The molecule has 2 N–H and O–H groups in total. The van der Waals surface area contributed by atoms with Gasteiger partial charge in [-0.2, -0.15) is 0 Å². The van der Waals surface area contributed by atoms with Crippen molar-refractivity contribution < 1.29 is 23.8 Å². The number of carbonyl (C=O) groups excluding carboxylic acids is 2. The summed E-state index contributed by atoms with van der Waals surface area (Å²) < 4.78 is 15.9. The third-order valence-corrected chi connectivity index (χ3v) is 5.82.